The number of hydrogen-bond acceptors (Lipinski definition) is 8. The molecule has 2 N–H and O–H groups in total. The Balaban J connectivity index is 1.15. The number of carbonyl (C=O) groups is 1. The van der Waals surface area contributed by atoms with Crippen LogP contribution in [0.25, 0.3) is 0 Å². The Morgan fingerprint density at radius 2 is 1.95 bits per heavy atom. The summed E-state index contributed by atoms with van der Waals surface area (Å²) >= 11 is 0. The normalized spacial score (nSPS) is 21.8. The zero-order valence-electron chi connectivity index (χ0n) is 22.6. The molecule has 3 aliphatic heterocycles. The van der Waals surface area contributed by atoms with Gasteiger partial charge in [0.15, 0.2) is 0 Å². The van der Waals surface area contributed by atoms with Gasteiger partial charge in [0.05, 0.1) is 6.61 Å². The average Bonchev–Trinajstić information content (AvgIpc) is 3.68. The molecule has 40 heavy (non-hydrogen) atoms. The van der Waals surface area contributed by atoms with Crippen LogP contribution < -0.4 is 15.5 Å². The Bertz CT molecular complexity index is 1220. The highest BCUT2D eigenvalue weighted by Crippen LogP contribution is 2.45. The summed E-state index contributed by atoms with van der Waals surface area (Å²) in [7, 11) is 0. The van der Waals surface area contributed by atoms with Gasteiger partial charge in [-0.25, -0.2) is 9.78 Å². The van der Waals surface area contributed by atoms with E-state index in [2.05, 4.69) is 42.5 Å². The topological polar surface area (TPSA) is 85.9 Å². The molecule has 1 unspecified atom stereocenters. The van der Waals surface area contributed by atoms with Crippen LogP contribution in [0.4, 0.5) is 41.1 Å². The first-order valence-electron chi connectivity index (χ1n) is 14.3. The highest BCUT2D eigenvalue weighted by molar-refractivity contribution is 5.68. The first kappa shape index (κ1) is 26.9. The number of alkyl halides is 3. The summed E-state index contributed by atoms with van der Waals surface area (Å²) in [5.41, 5.74) is 2.28. The van der Waals surface area contributed by atoms with Crippen LogP contribution >= 0.6 is 0 Å². The first-order valence-corrected chi connectivity index (χ1v) is 14.3. The van der Waals surface area contributed by atoms with E-state index < -0.39 is 11.7 Å². The van der Waals surface area contributed by atoms with Crippen LogP contribution in [0.1, 0.15) is 55.6 Å². The molecule has 4 fully saturated rings. The van der Waals surface area contributed by atoms with Crippen LogP contribution in [0.15, 0.2) is 24.4 Å². The molecule has 0 spiro atoms. The lowest BCUT2D eigenvalue weighted by atomic mass is 10.1. The van der Waals surface area contributed by atoms with Crippen LogP contribution in [-0.2, 0) is 10.9 Å². The van der Waals surface area contributed by atoms with Crippen molar-refractivity contribution in [1.82, 2.24) is 19.8 Å². The molecule has 1 aromatic carbocycles. The second-order valence-electron chi connectivity index (χ2n) is 11.1. The Hall–Kier alpha value is -3.28. The van der Waals surface area contributed by atoms with Gasteiger partial charge < -0.3 is 25.2 Å². The summed E-state index contributed by atoms with van der Waals surface area (Å²) in [5.74, 6) is 0.276. The van der Waals surface area contributed by atoms with E-state index in [1.165, 1.54) is 25.1 Å². The molecule has 0 radical (unpaired) electrons. The molecule has 1 aromatic heterocycles. The SMILES string of the molecule is O=C1OCCCN1CCCNc1nc(Nc2ccc(N3CCN4CCCC4C3)cc2C2CC2)ncc1C(F)(F)F. The number of nitrogens with one attached hydrogen (secondary N) is 2. The Labute approximate surface area is 232 Å². The average molecular weight is 560 g/mol. The summed E-state index contributed by atoms with van der Waals surface area (Å²) in [4.78, 5) is 26.7. The fourth-order valence-corrected chi connectivity index (χ4v) is 6.00. The van der Waals surface area contributed by atoms with E-state index in [1.807, 2.05) is 6.07 Å². The number of anilines is 4. The Morgan fingerprint density at radius 1 is 1.07 bits per heavy atom. The van der Waals surface area contributed by atoms with Crippen LogP contribution in [0, 0.1) is 0 Å². The molecule has 4 heterocycles. The van der Waals surface area contributed by atoms with Crippen molar-refractivity contribution >= 4 is 29.2 Å². The van der Waals surface area contributed by atoms with Crippen molar-refractivity contribution < 1.29 is 22.7 Å². The van der Waals surface area contributed by atoms with Gasteiger partial charge in [-0.2, -0.15) is 18.2 Å². The van der Waals surface area contributed by atoms with Crippen molar-refractivity contribution in [3.63, 3.8) is 0 Å². The molecule has 4 aliphatic rings. The van der Waals surface area contributed by atoms with E-state index in [9.17, 15) is 18.0 Å². The minimum atomic E-state index is -4.60. The highest BCUT2D eigenvalue weighted by Gasteiger charge is 2.36. The first-order chi connectivity index (χ1) is 19.3. The molecule has 12 heteroatoms. The molecule has 2 aromatic rings. The maximum Gasteiger partial charge on any atom is 0.421 e. The zero-order chi connectivity index (χ0) is 27.7. The zero-order valence-corrected chi connectivity index (χ0v) is 22.6. The van der Waals surface area contributed by atoms with Crippen molar-refractivity contribution in [1.29, 1.82) is 0 Å². The van der Waals surface area contributed by atoms with Crippen LogP contribution in [0.5, 0.6) is 0 Å². The minimum absolute atomic E-state index is 0.115. The number of amides is 1. The minimum Gasteiger partial charge on any atom is -0.449 e. The highest BCUT2D eigenvalue weighted by atomic mass is 19.4. The van der Waals surface area contributed by atoms with Crippen LogP contribution in [0.2, 0.25) is 0 Å². The molecule has 1 amide bonds. The quantitative estimate of drug-likeness (QED) is 0.413. The van der Waals surface area contributed by atoms with Gasteiger partial charge in [-0.1, -0.05) is 0 Å². The number of carbonyl (C=O) groups excluding carboxylic acids is 1. The molecule has 9 nitrogen and oxygen atoms in total. The van der Waals surface area contributed by atoms with E-state index >= 15 is 0 Å². The monoisotopic (exact) mass is 559 g/mol. The molecule has 1 atom stereocenters. The summed E-state index contributed by atoms with van der Waals surface area (Å²) < 4.78 is 46.2. The summed E-state index contributed by atoms with van der Waals surface area (Å²) in [6.07, 6.45) is 1.77. The fraction of sp³-hybridized carbons (Fsp3) is 0.607. The van der Waals surface area contributed by atoms with Gasteiger partial charge in [-0.15, -0.1) is 0 Å². The fourth-order valence-electron chi connectivity index (χ4n) is 6.00. The van der Waals surface area contributed by atoms with E-state index in [1.54, 1.807) is 4.90 Å². The smallest absolute Gasteiger partial charge is 0.421 e. The number of hydrogen-bond donors (Lipinski definition) is 2. The van der Waals surface area contributed by atoms with Gasteiger partial charge >= 0.3 is 12.3 Å². The lowest BCUT2D eigenvalue weighted by Crippen LogP contribution is -2.50. The Morgan fingerprint density at radius 3 is 2.75 bits per heavy atom. The van der Waals surface area contributed by atoms with Gasteiger partial charge in [0.25, 0.3) is 0 Å². The van der Waals surface area contributed by atoms with Gasteiger partial charge in [0, 0.05) is 62.9 Å². The predicted molar refractivity (Wildman–Crippen MR) is 146 cm³/mol. The van der Waals surface area contributed by atoms with E-state index in [-0.39, 0.29) is 24.4 Å². The van der Waals surface area contributed by atoms with Crippen molar-refractivity contribution in [2.75, 3.05) is 68.0 Å². The summed E-state index contributed by atoms with van der Waals surface area (Å²) in [6, 6.07) is 6.96. The number of nitrogens with zero attached hydrogens (tertiary/aromatic N) is 5. The number of halogens is 3. The van der Waals surface area contributed by atoms with Gasteiger partial charge in [0.2, 0.25) is 5.95 Å². The number of cyclic esters (lactones) is 1. The predicted octanol–water partition coefficient (Wildman–Crippen LogP) is 5.05. The number of piperazine rings is 1. The molecule has 6 rings (SSSR count). The van der Waals surface area contributed by atoms with Crippen LogP contribution in [0.3, 0.4) is 0 Å². The maximum atomic E-state index is 13.7. The third-order valence-corrected chi connectivity index (χ3v) is 8.30. The van der Waals surface area contributed by atoms with Crippen molar-refractivity contribution in [2.45, 2.75) is 56.7 Å². The van der Waals surface area contributed by atoms with Crippen LogP contribution in [-0.4, -0.2) is 84.3 Å². The van der Waals surface area contributed by atoms with E-state index in [4.69, 9.17) is 4.74 Å². The van der Waals surface area contributed by atoms with Crippen molar-refractivity contribution in [3.05, 3.63) is 35.5 Å². The molecular weight excluding hydrogens is 523 g/mol. The third-order valence-electron chi connectivity index (χ3n) is 8.30. The number of ether oxygens (including phenoxy) is 1. The molecule has 0 bridgehead atoms. The van der Waals surface area contributed by atoms with E-state index in [0.29, 0.717) is 38.1 Å². The van der Waals surface area contributed by atoms with Crippen molar-refractivity contribution in [3.8, 4) is 0 Å². The summed E-state index contributed by atoms with van der Waals surface area (Å²) in [6.45, 7) is 5.94. The molecule has 1 aliphatic carbocycles. The van der Waals surface area contributed by atoms with Gasteiger partial charge in [0.1, 0.15) is 11.4 Å². The lowest BCUT2D eigenvalue weighted by molar-refractivity contribution is -0.137. The largest absolute Gasteiger partial charge is 0.449 e. The second kappa shape index (κ2) is 11.3. The molecular formula is C28H36F3N7O2. The van der Waals surface area contributed by atoms with Gasteiger partial charge in [-0.05, 0) is 74.8 Å². The van der Waals surface area contributed by atoms with E-state index in [0.717, 1.165) is 56.3 Å². The Kier molecular flexibility index (Phi) is 7.61. The number of benzene rings is 1. The molecule has 1 saturated carbocycles. The van der Waals surface area contributed by atoms with Gasteiger partial charge in [-0.3, -0.25) is 4.90 Å². The second-order valence-corrected chi connectivity index (χ2v) is 11.1. The maximum absolute atomic E-state index is 13.7. The number of aromatic nitrogens is 2. The lowest BCUT2D eigenvalue weighted by Gasteiger charge is -2.39. The molecule has 216 valence electrons. The number of fused-ring (bicyclic) bond motifs is 1. The van der Waals surface area contributed by atoms with Crippen molar-refractivity contribution in [2.24, 2.45) is 0 Å². The summed E-state index contributed by atoms with van der Waals surface area (Å²) in [5, 5.41) is 6.02. The molecule has 3 saturated heterocycles. The number of rotatable bonds is 9. The standard InChI is InChI=1S/C28H36F3N7O2/c29-28(30,31)23-17-33-26(35-25(23)32-9-2-11-37-12-3-15-40-27(37)39)34-24-8-7-20(16-22(24)19-5-6-19)38-14-13-36-10-1-4-21(36)18-38/h7-8,16-17,19,21H,1-6,9-15,18H2,(H2,32,33,34,35). The third kappa shape index (κ3) is 6.06.